The molecule has 1 N–H and O–H groups in total. The Bertz CT molecular complexity index is 2770. The highest BCUT2D eigenvalue weighted by Crippen LogP contribution is 2.42. The maximum absolute atomic E-state index is 5.37. The molecule has 5 heteroatoms. The molecule has 1 unspecified atom stereocenters. The molecule has 1 aliphatic rings. The van der Waals surface area contributed by atoms with Gasteiger partial charge in [-0.15, -0.1) is 11.3 Å². The highest BCUT2D eigenvalue weighted by atomic mass is 32.1. The number of hydrogen-bond acceptors (Lipinski definition) is 4. The van der Waals surface area contributed by atoms with Gasteiger partial charge in [0.1, 0.15) is 12.0 Å². The number of rotatable bonds is 8. The van der Waals surface area contributed by atoms with Crippen LogP contribution in [0, 0.1) is 0 Å². The molecule has 0 radical (unpaired) electrons. The predicted molar refractivity (Wildman–Crippen MR) is 240 cm³/mol. The fraction of sp³-hybridized carbons (Fsp3) is 0.0196. The Morgan fingerprint density at radius 2 is 0.946 bits per heavy atom. The summed E-state index contributed by atoms with van der Waals surface area (Å²) >= 11 is 1.85. The molecular formula is C51H37N3SSi. The van der Waals surface area contributed by atoms with Gasteiger partial charge in [-0.25, -0.2) is 9.98 Å². The van der Waals surface area contributed by atoms with Crippen molar-refractivity contribution in [2.24, 2.45) is 9.98 Å². The third-order valence-corrected chi connectivity index (χ3v) is 16.8. The number of amidine groups is 2. The summed E-state index contributed by atoms with van der Waals surface area (Å²) in [4.78, 5) is 10.5. The first-order valence-electron chi connectivity index (χ1n) is 19.0. The fourth-order valence-corrected chi connectivity index (χ4v) is 14.3. The van der Waals surface area contributed by atoms with E-state index in [1.165, 1.54) is 52.0 Å². The number of aliphatic imine (C=N–C) groups is 2. The zero-order valence-corrected chi connectivity index (χ0v) is 32.4. The average molecular weight is 752 g/mol. The number of nitrogens with zero attached hydrogens (tertiary/aromatic N) is 2. The Morgan fingerprint density at radius 3 is 1.57 bits per heavy atom. The van der Waals surface area contributed by atoms with Crippen molar-refractivity contribution in [3.05, 3.63) is 229 Å². The minimum Gasteiger partial charge on any atom is -0.344 e. The van der Waals surface area contributed by atoms with Gasteiger partial charge in [-0.2, -0.15) is 0 Å². The van der Waals surface area contributed by atoms with Crippen molar-refractivity contribution < 1.29 is 0 Å². The second kappa shape index (κ2) is 14.5. The Morgan fingerprint density at radius 1 is 0.429 bits per heavy atom. The van der Waals surface area contributed by atoms with E-state index in [1.807, 2.05) is 23.5 Å². The summed E-state index contributed by atoms with van der Waals surface area (Å²) < 4.78 is 2.50. The lowest BCUT2D eigenvalue weighted by molar-refractivity contribution is 0.680. The Kier molecular flexibility index (Phi) is 8.79. The summed E-state index contributed by atoms with van der Waals surface area (Å²) in [5.41, 5.74) is 5.50. The van der Waals surface area contributed by atoms with Crippen molar-refractivity contribution in [3.8, 4) is 11.1 Å². The highest BCUT2D eigenvalue weighted by Gasteiger charge is 2.41. The van der Waals surface area contributed by atoms with Crippen LogP contribution in [0.4, 0.5) is 0 Å². The van der Waals surface area contributed by atoms with Gasteiger partial charge in [-0.1, -0.05) is 194 Å². The van der Waals surface area contributed by atoms with Crippen molar-refractivity contribution in [2.45, 2.75) is 6.17 Å². The largest absolute Gasteiger partial charge is 0.344 e. The molecule has 0 aliphatic carbocycles. The maximum atomic E-state index is 5.37. The smallest absolute Gasteiger partial charge is 0.179 e. The van der Waals surface area contributed by atoms with Gasteiger partial charge in [0, 0.05) is 36.9 Å². The van der Waals surface area contributed by atoms with Crippen LogP contribution in [-0.2, 0) is 0 Å². The Labute approximate surface area is 332 Å². The molecule has 0 amide bonds. The van der Waals surface area contributed by atoms with Crippen LogP contribution < -0.4 is 26.1 Å². The van der Waals surface area contributed by atoms with Gasteiger partial charge in [0.25, 0.3) is 0 Å². The van der Waals surface area contributed by atoms with Crippen molar-refractivity contribution in [2.75, 3.05) is 0 Å². The van der Waals surface area contributed by atoms with E-state index in [4.69, 9.17) is 9.98 Å². The van der Waals surface area contributed by atoms with Gasteiger partial charge in [0.2, 0.25) is 0 Å². The van der Waals surface area contributed by atoms with Crippen molar-refractivity contribution in [1.82, 2.24) is 5.32 Å². The summed E-state index contributed by atoms with van der Waals surface area (Å²) in [6, 6.07) is 76.9. The van der Waals surface area contributed by atoms with E-state index in [2.05, 4.69) is 206 Å². The summed E-state index contributed by atoms with van der Waals surface area (Å²) in [7, 11) is -2.73. The second-order valence-corrected chi connectivity index (χ2v) is 19.1. The van der Waals surface area contributed by atoms with Crippen LogP contribution in [0.1, 0.15) is 22.9 Å². The minimum atomic E-state index is -2.73. The molecule has 9 aromatic rings. The lowest BCUT2D eigenvalue weighted by Gasteiger charge is -2.34. The highest BCUT2D eigenvalue weighted by molar-refractivity contribution is 7.26. The van der Waals surface area contributed by atoms with E-state index in [0.29, 0.717) is 0 Å². The third kappa shape index (κ3) is 5.98. The van der Waals surface area contributed by atoms with Crippen molar-refractivity contribution in [1.29, 1.82) is 0 Å². The topological polar surface area (TPSA) is 36.8 Å². The third-order valence-electron chi connectivity index (χ3n) is 10.9. The standard InChI is InChI=1S/C51H37N3SSi/c1-6-19-36(20-7-1)49-52-50(37-21-8-2-9-22-37)54-51(53-49)45-34-39(35-47-48(45)44-31-16-17-32-46(44)55-47)38-23-18-30-43(33-38)56(40-24-10-3-11-25-40,41-26-12-4-13-27-41)42-28-14-5-15-29-42/h1-35,51H,(H,52,53,54). The second-order valence-electron chi connectivity index (χ2n) is 14.2. The van der Waals surface area contributed by atoms with Gasteiger partial charge < -0.3 is 5.32 Å². The van der Waals surface area contributed by atoms with Crippen molar-refractivity contribution >= 4 is 72.0 Å². The first-order valence-corrected chi connectivity index (χ1v) is 21.8. The molecule has 0 fully saturated rings. The van der Waals surface area contributed by atoms with Crippen LogP contribution in [0.25, 0.3) is 31.3 Å². The average Bonchev–Trinajstić information content (AvgIpc) is 3.67. The fourth-order valence-electron chi connectivity index (χ4n) is 8.33. The summed E-state index contributed by atoms with van der Waals surface area (Å²) in [5, 5.41) is 11.7. The Hall–Kier alpha value is -6.66. The normalized spacial score (nSPS) is 14.2. The number of hydrogen-bond donors (Lipinski definition) is 1. The number of thiophene rings is 1. The zero-order chi connectivity index (χ0) is 37.3. The van der Waals surface area contributed by atoms with E-state index < -0.39 is 8.07 Å². The molecule has 1 atom stereocenters. The van der Waals surface area contributed by atoms with Crippen LogP contribution in [0.3, 0.4) is 0 Å². The van der Waals surface area contributed by atoms with Crippen LogP contribution in [0.2, 0.25) is 0 Å². The monoisotopic (exact) mass is 751 g/mol. The van der Waals surface area contributed by atoms with Gasteiger partial charge >= 0.3 is 0 Å². The molecule has 8 aromatic carbocycles. The SMILES string of the molecule is c1ccc(C2=NC(c3cc(-c4cccc([Si](c5ccccc5)(c5ccccc5)c5ccccc5)c4)cc4sc5ccccc5c34)NC(c3ccccc3)=N2)cc1. The summed E-state index contributed by atoms with van der Waals surface area (Å²) in [5.74, 6) is 1.53. The molecule has 0 saturated carbocycles. The van der Waals surface area contributed by atoms with Gasteiger partial charge in [-0.05, 0) is 50.1 Å². The number of nitrogens with one attached hydrogen (secondary N) is 1. The molecule has 0 saturated heterocycles. The zero-order valence-electron chi connectivity index (χ0n) is 30.6. The maximum Gasteiger partial charge on any atom is 0.179 e. The quantitative estimate of drug-likeness (QED) is 0.122. The van der Waals surface area contributed by atoms with E-state index in [1.54, 1.807) is 0 Å². The van der Waals surface area contributed by atoms with Gasteiger partial charge in [-0.3, -0.25) is 0 Å². The predicted octanol–water partition coefficient (Wildman–Crippen LogP) is 9.59. The number of benzene rings is 8. The lowest BCUT2D eigenvalue weighted by Crippen LogP contribution is -2.74. The van der Waals surface area contributed by atoms with E-state index >= 15 is 0 Å². The van der Waals surface area contributed by atoms with Gasteiger partial charge in [0.05, 0.1) is 0 Å². The van der Waals surface area contributed by atoms with Crippen molar-refractivity contribution in [3.63, 3.8) is 0 Å². The van der Waals surface area contributed by atoms with E-state index in [0.717, 1.165) is 28.4 Å². The molecule has 10 rings (SSSR count). The molecule has 0 bridgehead atoms. The first-order chi connectivity index (χ1) is 27.8. The molecule has 1 aromatic heterocycles. The molecule has 3 nitrogen and oxygen atoms in total. The van der Waals surface area contributed by atoms with Crippen LogP contribution in [-0.4, -0.2) is 19.7 Å². The summed E-state index contributed by atoms with van der Waals surface area (Å²) in [6.07, 6.45) is -0.368. The lowest BCUT2D eigenvalue weighted by atomic mass is 9.97. The number of fused-ring (bicyclic) bond motifs is 3. The Balaban J connectivity index is 1.20. The molecule has 2 heterocycles. The molecule has 1 aliphatic heterocycles. The van der Waals surface area contributed by atoms with Crippen LogP contribution >= 0.6 is 11.3 Å². The first kappa shape index (κ1) is 33.9. The van der Waals surface area contributed by atoms with Crippen LogP contribution in [0.5, 0.6) is 0 Å². The van der Waals surface area contributed by atoms with Crippen LogP contribution in [0.15, 0.2) is 222 Å². The van der Waals surface area contributed by atoms with E-state index in [-0.39, 0.29) is 6.17 Å². The summed E-state index contributed by atoms with van der Waals surface area (Å²) in [6.45, 7) is 0. The minimum absolute atomic E-state index is 0.368. The molecule has 266 valence electrons. The molecular weight excluding hydrogens is 715 g/mol. The molecule has 56 heavy (non-hydrogen) atoms. The van der Waals surface area contributed by atoms with E-state index in [9.17, 15) is 0 Å². The molecule has 0 spiro atoms. The van der Waals surface area contributed by atoms with Gasteiger partial charge in [0.15, 0.2) is 13.9 Å².